The van der Waals surface area contributed by atoms with Crippen molar-refractivity contribution in [2.45, 2.75) is 44.8 Å². The molecule has 2 N–H and O–H groups in total. The Hall–Kier alpha value is -3.78. The van der Waals surface area contributed by atoms with Crippen molar-refractivity contribution in [1.29, 1.82) is 0 Å². The molecule has 1 aromatic heterocycles. The molecule has 1 saturated heterocycles. The van der Waals surface area contributed by atoms with Crippen molar-refractivity contribution in [3.8, 4) is 0 Å². The summed E-state index contributed by atoms with van der Waals surface area (Å²) >= 11 is 5.78. The molecule has 0 spiro atoms. The smallest absolute Gasteiger partial charge is 0.226 e. The first-order valence-electron chi connectivity index (χ1n) is 12.7. The Bertz CT molecular complexity index is 1390. The Balaban J connectivity index is 1.45. The van der Waals surface area contributed by atoms with Crippen LogP contribution in [0.15, 0.2) is 72.9 Å². The molecule has 0 bridgehead atoms. The molecule has 2 aromatic carbocycles. The Kier molecular flexibility index (Phi) is 6.92. The lowest BCUT2D eigenvalue weighted by atomic mass is 9.86. The number of hydrogen-bond donors (Lipinski definition) is 2. The Morgan fingerprint density at radius 2 is 1.92 bits per heavy atom. The molecule has 0 aliphatic carbocycles. The van der Waals surface area contributed by atoms with E-state index in [9.17, 15) is 9.18 Å². The van der Waals surface area contributed by atoms with Crippen molar-refractivity contribution < 1.29 is 9.18 Å². The number of nitrogens with one attached hydrogen (secondary N) is 2. The number of halogens is 1. The minimum absolute atomic E-state index is 0.0739. The number of anilines is 2. The molecule has 8 heteroatoms. The molecule has 5 rings (SSSR count). The van der Waals surface area contributed by atoms with Gasteiger partial charge in [0, 0.05) is 43.1 Å². The Morgan fingerprint density at radius 3 is 2.63 bits per heavy atom. The van der Waals surface area contributed by atoms with E-state index in [4.69, 9.17) is 12.2 Å². The number of fused-ring (bicyclic) bond motifs is 1. The van der Waals surface area contributed by atoms with E-state index in [0.717, 1.165) is 11.3 Å². The summed E-state index contributed by atoms with van der Waals surface area (Å²) in [5, 5.41) is 6.89. The monoisotopic (exact) mass is 529 g/mol. The minimum atomic E-state index is -0.343. The van der Waals surface area contributed by atoms with Gasteiger partial charge in [0.15, 0.2) is 5.11 Å². The van der Waals surface area contributed by atoms with Crippen LogP contribution in [0.1, 0.15) is 56.1 Å². The van der Waals surface area contributed by atoms with Gasteiger partial charge in [-0.05, 0) is 92.7 Å². The Morgan fingerprint density at radius 1 is 1.16 bits per heavy atom. The normalized spacial score (nSPS) is 20.0. The molecule has 0 radical (unpaired) electrons. The molecule has 6 nitrogen and oxygen atoms in total. The summed E-state index contributed by atoms with van der Waals surface area (Å²) in [6.07, 6.45) is 4.31. The number of pyridine rings is 1. The fourth-order valence-corrected chi connectivity index (χ4v) is 5.68. The maximum atomic E-state index is 13.2. The number of aromatic nitrogens is 1. The van der Waals surface area contributed by atoms with Gasteiger partial charge in [-0.15, -0.1) is 0 Å². The van der Waals surface area contributed by atoms with Gasteiger partial charge in [0.25, 0.3) is 0 Å². The predicted molar refractivity (Wildman–Crippen MR) is 154 cm³/mol. The summed E-state index contributed by atoms with van der Waals surface area (Å²) in [5.74, 6) is -0.502. The lowest BCUT2D eigenvalue weighted by Crippen LogP contribution is -2.42. The average molecular weight is 530 g/mol. The lowest BCUT2D eigenvalue weighted by molar-refractivity contribution is -0.116. The molecule has 0 unspecified atom stereocenters. The maximum Gasteiger partial charge on any atom is 0.226 e. The van der Waals surface area contributed by atoms with Crippen molar-refractivity contribution in [2.75, 3.05) is 23.8 Å². The fraction of sp³-hybridized carbons (Fsp3) is 0.300. The summed E-state index contributed by atoms with van der Waals surface area (Å²) in [7, 11) is 2.12. The second kappa shape index (κ2) is 10.2. The van der Waals surface area contributed by atoms with E-state index in [-0.39, 0.29) is 35.8 Å². The second-order valence-corrected chi connectivity index (χ2v) is 10.8. The van der Waals surface area contributed by atoms with Gasteiger partial charge in [-0.1, -0.05) is 18.2 Å². The number of allylic oxidation sites excluding steroid dienone is 1. The first-order chi connectivity index (χ1) is 18.1. The molecule has 3 aromatic rings. The highest BCUT2D eigenvalue weighted by molar-refractivity contribution is 7.80. The third kappa shape index (κ3) is 5.00. The SMILES string of the molecule is CC1=CC(C)(C)N(C)c2ccc([C@H]3[C@H](c4ccccn4)NC(=S)N3CCC(=O)Nc3ccc(F)cc3)cc21. The number of carbonyl (C=O) groups excluding carboxylic acids is 1. The van der Waals surface area contributed by atoms with Gasteiger partial charge >= 0.3 is 0 Å². The molecular formula is C30H32FN5OS. The molecule has 38 heavy (non-hydrogen) atoms. The quantitative estimate of drug-likeness (QED) is 0.391. The van der Waals surface area contributed by atoms with Crippen molar-refractivity contribution in [2.24, 2.45) is 0 Å². The van der Waals surface area contributed by atoms with E-state index in [0.29, 0.717) is 17.3 Å². The first kappa shape index (κ1) is 25.9. The zero-order chi connectivity index (χ0) is 27.0. The lowest BCUT2D eigenvalue weighted by Gasteiger charge is -2.41. The van der Waals surface area contributed by atoms with Crippen LogP contribution in [0, 0.1) is 5.82 Å². The molecule has 1 amide bonds. The standard InChI is InChI=1S/C30H32FN5OS/c1-19-18-30(2,3)35(4)25-13-8-20(17-23(19)25)28-27(24-7-5-6-15-32-24)34-29(38)36(28)16-14-26(37)33-22-11-9-21(31)10-12-22/h5-13,15,17-18,27-28H,14,16H2,1-4H3,(H,33,37)(H,34,38)/t27-,28-/m0/s1. The molecule has 3 heterocycles. The van der Waals surface area contributed by atoms with Gasteiger partial charge in [0.05, 0.1) is 23.3 Å². The predicted octanol–water partition coefficient (Wildman–Crippen LogP) is 5.85. The van der Waals surface area contributed by atoms with Crippen LogP contribution in [0.25, 0.3) is 5.57 Å². The summed E-state index contributed by atoms with van der Waals surface area (Å²) < 4.78 is 13.2. The molecule has 1 fully saturated rings. The number of thiocarbonyl (C=S) groups is 1. The highest BCUT2D eigenvalue weighted by Gasteiger charge is 2.40. The van der Waals surface area contributed by atoms with Gasteiger partial charge in [-0.2, -0.15) is 0 Å². The van der Waals surface area contributed by atoms with Crippen LogP contribution in [0.4, 0.5) is 15.8 Å². The number of likely N-dealkylation sites (N-methyl/N-ethyl adjacent to an activating group) is 1. The maximum absolute atomic E-state index is 13.2. The van der Waals surface area contributed by atoms with Crippen LogP contribution in [-0.4, -0.2) is 40.0 Å². The van der Waals surface area contributed by atoms with Crippen molar-refractivity contribution in [3.05, 3.63) is 95.6 Å². The van der Waals surface area contributed by atoms with Gasteiger partial charge in [0.1, 0.15) is 5.82 Å². The molecular weight excluding hydrogens is 497 g/mol. The van der Waals surface area contributed by atoms with E-state index in [1.54, 1.807) is 18.3 Å². The highest BCUT2D eigenvalue weighted by atomic mass is 32.1. The van der Waals surface area contributed by atoms with Crippen LogP contribution >= 0.6 is 12.2 Å². The van der Waals surface area contributed by atoms with E-state index < -0.39 is 0 Å². The third-order valence-electron chi connectivity index (χ3n) is 7.49. The second-order valence-electron chi connectivity index (χ2n) is 10.4. The van der Waals surface area contributed by atoms with Gasteiger partial charge in [-0.25, -0.2) is 4.39 Å². The van der Waals surface area contributed by atoms with Gasteiger partial charge in [0.2, 0.25) is 5.91 Å². The molecule has 2 aliphatic heterocycles. The molecule has 0 saturated carbocycles. The minimum Gasteiger partial charge on any atom is -0.366 e. The van der Waals surface area contributed by atoms with Crippen LogP contribution in [-0.2, 0) is 4.79 Å². The molecule has 196 valence electrons. The largest absolute Gasteiger partial charge is 0.366 e. The van der Waals surface area contributed by atoms with E-state index in [1.165, 1.54) is 29.0 Å². The number of rotatable bonds is 6. The third-order valence-corrected chi connectivity index (χ3v) is 7.84. The topological polar surface area (TPSA) is 60.5 Å². The van der Waals surface area contributed by atoms with Crippen LogP contribution in [0.5, 0.6) is 0 Å². The number of carbonyl (C=O) groups is 1. The zero-order valence-electron chi connectivity index (χ0n) is 22.0. The van der Waals surface area contributed by atoms with Crippen molar-refractivity contribution >= 4 is 40.2 Å². The van der Waals surface area contributed by atoms with Crippen molar-refractivity contribution in [3.63, 3.8) is 0 Å². The van der Waals surface area contributed by atoms with E-state index >= 15 is 0 Å². The summed E-state index contributed by atoms with van der Waals surface area (Å²) in [4.78, 5) is 21.8. The summed E-state index contributed by atoms with van der Waals surface area (Å²) in [5.41, 5.74) is 6.09. The van der Waals surface area contributed by atoms with Crippen LogP contribution < -0.4 is 15.5 Å². The zero-order valence-corrected chi connectivity index (χ0v) is 22.8. The first-order valence-corrected chi connectivity index (χ1v) is 13.2. The number of nitrogens with zero attached hydrogens (tertiary/aromatic N) is 3. The van der Waals surface area contributed by atoms with E-state index in [1.807, 2.05) is 18.2 Å². The fourth-order valence-electron chi connectivity index (χ4n) is 5.35. The highest BCUT2D eigenvalue weighted by Crippen LogP contribution is 2.43. The van der Waals surface area contributed by atoms with Gasteiger partial charge < -0.3 is 20.4 Å². The summed E-state index contributed by atoms with van der Waals surface area (Å²) in [6.45, 7) is 7.00. The average Bonchev–Trinajstić information content (AvgIpc) is 3.23. The van der Waals surface area contributed by atoms with Crippen LogP contribution in [0.2, 0.25) is 0 Å². The van der Waals surface area contributed by atoms with Crippen molar-refractivity contribution in [1.82, 2.24) is 15.2 Å². The molecule has 2 aliphatic rings. The molecule has 2 atom stereocenters. The summed E-state index contributed by atoms with van der Waals surface area (Å²) in [6, 6.07) is 17.9. The number of hydrogen-bond acceptors (Lipinski definition) is 4. The van der Waals surface area contributed by atoms with Crippen LogP contribution in [0.3, 0.4) is 0 Å². The Labute approximate surface area is 228 Å². The number of amides is 1. The van der Waals surface area contributed by atoms with Gasteiger partial charge in [-0.3, -0.25) is 9.78 Å². The number of benzene rings is 2. The van der Waals surface area contributed by atoms with E-state index in [2.05, 4.69) is 77.5 Å².